The lowest BCUT2D eigenvalue weighted by atomic mass is 10.1. The van der Waals surface area contributed by atoms with Crippen molar-refractivity contribution >= 4 is 10.9 Å². The summed E-state index contributed by atoms with van der Waals surface area (Å²) in [5.74, 6) is 2.70. The molecule has 1 aromatic heterocycles. The minimum Gasteiger partial charge on any atom is -0.343 e. The smallest absolute Gasteiger partial charge is 0.0599 e. The zero-order valence-electron chi connectivity index (χ0n) is 12.9. The Balaban J connectivity index is 1.95. The first-order valence-electron chi connectivity index (χ1n) is 7.50. The minimum absolute atomic E-state index is 0.665. The molecule has 0 unspecified atom stereocenters. The quantitative estimate of drug-likeness (QED) is 0.649. The van der Waals surface area contributed by atoms with Crippen LogP contribution in [0.15, 0.2) is 60.8 Å². The summed E-state index contributed by atoms with van der Waals surface area (Å²) in [6.45, 7) is 2.42. The third kappa shape index (κ3) is 3.05. The van der Waals surface area contributed by atoms with E-state index < -0.39 is 0 Å². The Hall–Kier alpha value is -2.50. The van der Waals surface area contributed by atoms with Crippen molar-refractivity contribution in [2.24, 2.45) is 0 Å². The molecular formula is C20H20N2. The molecule has 2 heteroatoms. The number of hydrogen-bond acceptors (Lipinski definition) is 1. The van der Waals surface area contributed by atoms with Gasteiger partial charge in [-0.2, -0.15) is 0 Å². The van der Waals surface area contributed by atoms with Crippen LogP contribution in [0.1, 0.15) is 11.1 Å². The molecule has 0 saturated heterocycles. The molecule has 0 amide bonds. The summed E-state index contributed by atoms with van der Waals surface area (Å²) in [6.07, 6.45) is 7.66. The zero-order chi connectivity index (χ0) is 15.4. The van der Waals surface area contributed by atoms with Gasteiger partial charge in [-0.1, -0.05) is 54.5 Å². The van der Waals surface area contributed by atoms with Crippen molar-refractivity contribution in [3.05, 3.63) is 71.9 Å². The monoisotopic (exact) mass is 288 g/mol. The summed E-state index contributed by atoms with van der Waals surface area (Å²) in [4.78, 5) is 2.16. The summed E-state index contributed by atoms with van der Waals surface area (Å²) >= 11 is 0. The third-order valence-corrected chi connectivity index (χ3v) is 3.87. The highest BCUT2D eigenvalue weighted by Gasteiger charge is 2.10. The SMILES string of the molecule is C#CCN(C)Cc1cn(Cc2ccccc2)c2ccccc12. The van der Waals surface area contributed by atoms with E-state index in [0.717, 1.165) is 13.1 Å². The molecule has 2 aromatic carbocycles. The fraction of sp³-hybridized carbons (Fsp3) is 0.200. The average molecular weight is 288 g/mol. The maximum Gasteiger partial charge on any atom is 0.0599 e. The van der Waals surface area contributed by atoms with Crippen LogP contribution in [0.3, 0.4) is 0 Å². The van der Waals surface area contributed by atoms with E-state index in [2.05, 4.69) is 83.2 Å². The summed E-state index contributed by atoms with van der Waals surface area (Å²) in [5.41, 5.74) is 3.91. The van der Waals surface area contributed by atoms with Gasteiger partial charge in [0, 0.05) is 30.2 Å². The summed E-state index contributed by atoms with van der Waals surface area (Å²) in [6, 6.07) is 19.1. The third-order valence-electron chi connectivity index (χ3n) is 3.87. The van der Waals surface area contributed by atoms with Crippen molar-refractivity contribution in [2.45, 2.75) is 13.1 Å². The van der Waals surface area contributed by atoms with E-state index >= 15 is 0 Å². The van der Waals surface area contributed by atoms with Crippen molar-refractivity contribution in [1.82, 2.24) is 9.47 Å². The Morgan fingerprint density at radius 3 is 2.55 bits per heavy atom. The molecule has 3 aromatic rings. The fourth-order valence-electron chi connectivity index (χ4n) is 2.86. The van der Waals surface area contributed by atoms with Crippen molar-refractivity contribution in [1.29, 1.82) is 0 Å². The van der Waals surface area contributed by atoms with Gasteiger partial charge in [0.1, 0.15) is 0 Å². The molecule has 0 radical (unpaired) electrons. The number of terminal acetylenes is 1. The molecule has 2 nitrogen and oxygen atoms in total. The lowest BCUT2D eigenvalue weighted by Crippen LogP contribution is -2.17. The molecule has 0 atom stereocenters. The van der Waals surface area contributed by atoms with E-state index in [1.165, 1.54) is 22.0 Å². The normalized spacial score (nSPS) is 11.0. The zero-order valence-corrected chi connectivity index (χ0v) is 12.9. The van der Waals surface area contributed by atoms with E-state index in [0.29, 0.717) is 6.54 Å². The molecular weight excluding hydrogens is 268 g/mol. The molecule has 0 bridgehead atoms. The van der Waals surface area contributed by atoms with Crippen molar-refractivity contribution in [3.63, 3.8) is 0 Å². The van der Waals surface area contributed by atoms with E-state index in [1.54, 1.807) is 0 Å². The summed E-state index contributed by atoms with van der Waals surface area (Å²) in [7, 11) is 2.06. The Bertz CT molecular complexity index is 793. The van der Waals surface area contributed by atoms with Gasteiger partial charge in [-0.05, 0) is 24.2 Å². The van der Waals surface area contributed by atoms with Gasteiger partial charge in [0.2, 0.25) is 0 Å². The topological polar surface area (TPSA) is 8.17 Å². The number of fused-ring (bicyclic) bond motifs is 1. The first-order valence-corrected chi connectivity index (χ1v) is 7.50. The Kier molecular flexibility index (Phi) is 4.27. The maximum absolute atomic E-state index is 5.41. The van der Waals surface area contributed by atoms with Crippen LogP contribution < -0.4 is 0 Å². The Morgan fingerprint density at radius 2 is 1.77 bits per heavy atom. The van der Waals surface area contributed by atoms with Gasteiger partial charge in [0.25, 0.3) is 0 Å². The Morgan fingerprint density at radius 1 is 1.05 bits per heavy atom. The van der Waals surface area contributed by atoms with Gasteiger partial charge in [-0.25, -0.2) is 0 Å². The van der Waals surface area contributed by atoms with Crippen LogP contribution in [-0.4, -0.2) is 23.1 Å². The molecule has 0 saturated carbocycles. The largest absolute Gasteiger partial charge is 0.343 e. The molecule has 22 heavy (non-hydrogen) atoms. The number of hydrogen-bond donors (Lipinski definition) is 0. The highest BCUT2D eigenvalue weighted by molar-refractivity contribution is 5.84. The second kappa shape index (κ2) is 6.51. The van der Waals surface area contributed by atoms with Gasteiger partial charge >= 0.3 is 0 Å². The van der Waals surface area contributed by atoms with Crippen LogP contribution in [0.5, 0.6) is 0 Å². The number of para-hydroxylation sites is 1. The van der Waals surface area contributed by atoms with Gasteiger partial charge in [-0.3, -0.25) is 4.90 Å². The van der Waals surface area contributed by atoms with E-state index in [-0.39, 0.29) is 0 Å². The van der Waals surface area contributed by atoms with Gasteiger partial charge < -0.3 is 4.57 Å². The van der Waals surface area contributed by atoms with Crippen molar-refractivity contribution < 1.29 is 0 Å². The van der Waals surface area contributed by atoms with Crippen molar-refractivity contribution in [2.75, 3.05) is 13.6 Å². The highest BCUT2D eigenvalue weighted by atomic mass is 15.1. The first kappa shape index (κ1) is 14.4. The van der Waals surface area contributed by atoms with Crippen LogP contribution in [0.2, 0.25) is 0 Å². The minimum atomic E-state index is 0.665. The van der Waals surface area contributed by atoms with Crippen LogP contribution >= 0.6 is 0 Å². The fourth-order valence-corrected chi connectivity index (χ4v) is 2.86. The number of benzene rings is 2. The van der Waals surface area contributed by atoms with Crippen LogP contribution in [0, 0.1) is 12.3 Å². The lowest BCUT2D eigenvalue weighted by Gasteiger charge is -2.12. The predicted molar refractivity (Wildman–Crippen MR) is 92.6 cm³/mol. The molecule has 0 spiro atoms. The molecule has 110 valence electrons. The molecule has 0 aliphatic rings. The highest BCUT2D eigenvalue weighted by Crippen LogP contribution is 2.23. The lowest BCUT2D eigenvalue weighted by molar-refractivity contribution is 0.370. The van der Waals surface area contributed by atoms with Gasteiger partial charge in [-0.15, -0.1) is 6.42 Å². The summed E-state index contributed by atoms with van der Waals surface area (Å²) < 4.78 is 2.32. The van der Waals surface area contributed by atoms with Crippen LogP contribution in [0.25, 0.3) is 10.9 Å². The van der Waals surface area contributed by atoms with Gasteiger partial charge in [0.05, 0.1) is 6.54 Å². The standard InChI is InChI=1S/C20H20N2/c1-3-13-21(2)15-18-16-22(14-17-9-5-4-6-10-17)20-12-8-7-11-19(18)20/h1,4-12,16H,13-15H2,2H3. The maximum atomic E-state index is 5.41. The van der Waals surface area contributed by atoms with E-state index in [1.807, 2.05) is 0 Å². The van der Waals surface area contributed by atoms with Crippen molar-refractivity contribution in [3.8, 4) is 12.3 Å². The Labute approximate surface area is 132 Å². The van der Waals surface area contributed by atoms with Crippen LogP contribution in [-0.2, 0) is 13.1 Å². The first-order chi connectivity index (χ1) is 10.8. The van der Waals surface area contributed by atoms with E-state index in [4.69, 9.17) is 6.42 Å². The number of aromatic nitrogens is 1. The predicted octanol–water partition coefficient (Wildman–Crippen LogP) is 3.75. The number of rotatable bonds is 5. The van der Waals surface area contributed by atoms with E-state index in [9.17, 15) is 0 Å². The average Bonchev–Trinajstić information content (AvgIpc) is 2.87. The molecule has 0 N–H and O–H groups in total. The summed E-state index contributed by atoms with van der Waals surface area (Å²) in [5, 5.41) is 1.31. The number of nitrogens with zero attached hydrogens (tertiary/aromatic N) is 2. The van der Waals surface area contributed by atoms with Crippen LogP contribution in [0.4, 0.5) is 0 Å². The van der Waals surface area contributed by atoms with Gasteiger partial charge in [0.15, 0.2) is 0 Å². The second-order valence-electron chi connectivity index (χ2n) is 5.66. The molecule has 1 heterocycles. The molecule has 0 aliphatic carbocycles. The second-order valence-corrected chi connectivity index (χ2v) is 5.66. The molecule has 0 aliphatic heterocycles. The molecule has 3 rings (SSSR count). The molecule has 0 fully saturated rings.